The molecular formula is C42H64Cl4N4O8Si2. The van der Waals surface area contributed by atoms with Crippen LogP contribution >= 0.6 is 46.4 Å². The van der Waals surface area contributed by atoms with Gasteiger partial charge in [-0.25, -0.2) is 9.97 Å². The molecule has 4 atom stereocenters. The van der Waals surface area contributed by atoms with Crippen molar-refractivity contribution in [3.05, 3.63) is 43.9 Å². The van der Waals surface area contributed by atoms with Crippen molar-refractivity contribution in [2.45, 2.75) is 135 Å². The number of halogens is 4. The smallest absolute Gasteiger partial charge is 0.167 e. The van der Waals surface area contributed by atoms with Crippen LogP contribution in [-0.2, 0) is 34.2 Å². The number of aliphatic hydroxyl groups excluding tert-OH is 3. The summed E-state index contributed by atoms with van der Waals surface area (Å²) in [6, 6.07) is 5.63. The van der Waals surface area contributed by atoms with E-state index in [4.69, 9.17) is 75.1 Å². The van der Waals surface area contributed by atoms with E-state index in [0.29, 0.717) is 92.9 Å². The zero-order chi connectivity index (χ0) is 43.6. The molecule has 0 amide bonds. The normalized spacial score (nSPS) is 20.1. The van der Waals surface area contributed by atoms with Gasteiger partial charge in [0.15, 0.2) is 11.5 Å². The van der Waals surface area contributed by atoms with Gasteiger partial charge < -0.3 is 48.6 Å². The van der Waals surface area contributed by atoms with Gasteiger partial charge in [0.25, 0.3) is 0 Å². The SMILES string of the molecule is C[Si](C)(C)CCOCOCc1nc2c(OC[C@H]3CCCC[C@@H]3O)c(Cl)c(Cl)cc2n1COCC[Si](C)(C)C.OCc1nc2c(OC[C@H]3CCCC[C@@H]3O)c(Cl)c(Cl)cc2[nH]1. The summed E-state index contributed by atoms with van der Waals surface area (Å²) < 4.78 is 31.7. The van der Waals surface area contributed by atoms with Gasteiger partial charge in [-0.3, -0.25) is 0 Å². The summed E-state index contributed by atoms with van der Waals surface area (Å²) in [5.74, 6) is 2.13. The summed E-state index contributed by atoms with van der Waals surface area (Å²) in [4.78, 5) is 12.1. The molecule has 2 saturated carbocycles. The fraction of sp³-hybridized carbons (Fsp3) is 0.667. The van der Waals surface area contributed by atoms with E-state index in [-0.39, 0.29) is 44.1 Å². The quantitative estimate of drug-likeness (QED) is 0.0406. The monoisotopic (exact) mass is 948 g/mol. The molecule has 2 fully saturated rings. The van der Waals surface area contributed by atoms with Crippen molar-refractivity contribution in [3.63, 3.8) is 0 Å². The van der Waals surface area contributed by atoms with Gasteiger partial charge in [0.05, 0.1) is 46.5 Å². The Bertz CT molecular complexity index is 1990. The Balaban J connectivity index is 0.000000261. The molecule has 0 bridgehead atoms. The fourth-order valence-corrected chi connectivity index (χ4v) is 9.54. The number of benzene rings is 2. The summed E-state index contributed by atoms with van der Waals surface area (Å²) >= 11 is 25.5. The third kappa shape index (κ3) is 14.2. The minimum absolute atomic E-state index is 0.0666. The molecule has 4 N–H and O–H groups in total. The maximum absolute atomic E-state index is 10.4. The average molecular weight is 951 g/mol. The van der Waals surface area contributed by atoms with Gasteiger partial charge in [-0.2, -0.15) is 0 Å². The van der Waals surface area contributed by atoms with Gasteiger partial charge in [-0.15, -0.1) is 0 Å². The molecule has 336 valence electrons. The van der Waals surface area contributed by atoms with E-state index in [1.807, 2.05) is 10.6 Å². The van der Waals surface area contributed by atoms with Crippen LogP contribution in [0.25, 0.3) is 22.1 Å². The van der Waals surface area contributed by atoms with E-state index in [1.165, 1.54) is 0 Å². The van der Waals surface area contributed by atoms with E-state index in [0.717, 1.165) is 69.0 Å². The Morgan fingerprint density at radius 2 is 1.25 bits per heavy atom. The predicted molar refractivity (Wildman–Crippen MR) is 247 cm³/mol. The number of aromatic nitrogens is 4. The van der Waals surface area contributed by atoms with Crippen LogP contribution in [0.3, 0.4) is 0 Å². The number of aromatic amines is 1. The average Bonchev–Trinajstić information content (AvgIpc) is 3.76. The maximum atomic E-state index is 10.4. The molecule has 2 aromatic carbocycles. The molecule has 12 nitrogen and oxygen atoms in total. The number of nitrogens with one attached hydrogen (secondary N) is 1. The largest absolute Gasteiger partial charge is 0.489 e. The van der Waals surface area contributed by atoms with E-state index in [9.17, 15) is 15.3 Å². The molecule has 4 aromatic rings. The van der Waals surface area contributed by atoms with Crippen LogP contribution in [0.1, 0.15) is 63.0 Å². The summed E-state index contributed by atoms with van der Waals surface area (Å²) in [6.07, 6.45) is 7.07. The van der Waals surface area contributed by atoms with Gasteiger partial charge in [0, 0.05) is 41.2 Å². The van der Waals surface area contributed by atoms with Gasteiger partial charge in [-0.05, 0) is 49.9 Å². The van der Waals surface area contributed by atoms with Crippen LogP contribution in [0, 0.1) is 11.8 Å². The highest BCUT2D eigenvalue weighted by molar-refractivity contribution is 6.76. The minimum atomic E-state index is -1.22. The Labute approximate surface area is 376 Å². The van der Waals surface area contributed by atoms with Crippen LogP contribution in [-0.4, -0.2) is 96.4 Å². The summed E-state index contributed by atoms with van der Waals surface area (Å²) in [6.45, 7) is 16.7. The lowest BCUT2D eigenvalue weighted by Crippen LogP contribution is -2.29. The second-order valence-corrected chi connectivity index (χ2v) is 31.3. The van der Waals surface area contributed by atoms with Crippen molar-refractivity contribution in [3.8, 4) is 11.5 Å². The number of H-pyrrole nitrogens is 1. The number of aliphatic hydroxyl groups is 3. The van der Waals surface area contributed by atoms with Crippen LogP contribution in [0.5, 0.6) is 11.5 Å². The van der Waals surface area contributed by atoms with E-state index in [2.05, 4.69) is 49.3 Å². The predicted octanol–water partition coefficient (Wildman–Crippen LogP) is 10.7. The fourth-order valence-electron chi connectivity index (χ4n) is 7.24. The third-order valence-electron chi connectivity index (χ3n) is 11.0. The molecular weight excluding hydrogens is 886 g/mol. The molecule has 2 aliphatic rings. The zero-order valence-electron chi connectivity index (χ0n) is 35.9. The number of imidazole rings is 2. The van der Waals surface area contributed by atoms with Gasteiger partial charge >= 0.3 is 0 Å². The third-order valence-corrected chi connectivity index (χ3v) is 16.0. The summed E-state index contributed by atoms with van der Waals surface area (Å²) in [5, 5.41) is 31.0. The molecule has 0 unspecified atom stereocenters. The van der Waals surface area contributed by atoms with Crippen LogP contribution in [0.4, 0.5) is 0 Å². The highest BCUT2D eigenvalue weighted by atomic mass is 35.5. The maximum Gasteiger partial charge on any atom is 0.167 e. The molecule has 2 aromatic heterocycles. The first-order valence-corrected chi connectivity index (χ1v) is 30.1. The van der Waals surface area contributed by atoms with E-state index < -0.39 is 16.1 Å². The first-order valence-electron chi connectivity index (χ1n) is 21.1. The van der Waals surface area contributed by atoms with Gasteiger partial charge in [0.2, 0.25) is 0 Å². The molecule has 0 spiro atoms. The number of hydrogen-bond donors (Lipinski definition) is 4. The second-order valence-electron chi connectivity index (χ2n) is 18.4. The second kappa shape index (κ2) is 22.8. The Morgan fingerprint density at radius 1 is 0.717 bits per heavy atom. The Hall–Kier alpha value is -1.67. The van der Waals surface area contributed by atoms with Crippen molar-refractivity contribution < 1.29 is 39.0 Å². The van der Waals surface area contributed by atoms with Crippen molar-refractivity contribution in [1.29, 1.82) is 0 Å². The molecule has 2 aliphatic carbocycles. The standard InChI is InChI=1S/C27H46Cl2N2O5Si2.C15H18Cl2N2O3/c1-37(2,3)13-11-33-18-31-22-15-21(28)25(29)27(36-16-20-9-7-8-10-23(20)32)26(22)30-24(31)17-35-19-34-12-14-38(4,5)6;16-9-5-10-14(19-12(6-20)18-10)15(13(9)17)22-7-8-3-1-2-4-11(8)21/h15,20,23,32H,7-14,16-19H2,1-6H3;5,8,11,20-21H,1-4,6-7H2,(H,18,19)/t20-,23+;8-,11+/m11/s1. The summed E-state index contributed by atoms with van der Waals surface area (Å²) in [7, 11) is -2.37. The van der Waals surface area contributed by atoms with Crippen LogP contribution in [0.2, 0.25) is 71.5 Å². The molecule has 0 aliphatic heterocycles. The number of nitrogens with zero attached hydrogens (tertiary/aromatic N) is 3. The number of hydrogen-bond acceptors (Lipinski definition) is 10. The van der Waals surface area contributed by atoms with Crippen LogP contribution < -0.4 is 9.47 Å². The molecule has 2 heterocycles. The molecule has 6 rings (SSSR count). The molecule has 0 radical (unpaired) electrons. The number of ether oxygens (including phenoxy) is 5. The van der Waals surface area contributed by atoms with E-state index in [1.54, 1.807) is 6.07 Å². The van der Waals surface area contributed by atoms with Gasteiger partial charge in [-0.1, -0.05) is 111 Å². The van der Waals surface area contributed by atoms with Gasteiger partial charge in [0.1, 0.15) is 59.5 Å². The summed E-state index contributed by atoms with van der Waals surface area (Å²) in [5.41, 5.74) is 2.61. The van der Waals surface area contributed by atoms with Crippen molar-refractivity contribution in [1.82, 2.24) is 19.5 Å². The lowest BCUT2D eigenvalue weighted by atomic mass is 9.87. The minimum Gasteiger partial charge on any atom is -0.489 e. The highest BCUT2D eigenvalue weighted by Crippen LogP contribution is 2.41. The first-order chi connectivity index (χ1) is 28.5. The van der Waals surface area contributed by atoms with Crippen molar-refractivity contribution in [2.75, 3.05) is 33.2 Å². The number of fused-ring (bicyclic) bond motifs is 2. The lowest BCUT2D eigenvalue weighted by molar-refractivity contribution is -0.0609. The number of rotatable bonds is 19. The Kier molecular flexibility index (Phi) is 18.8. The Morgan fingerprint density at radius 3 is 1.80 bits per heavy atom. The van der Waals surface area contributed by atoms with Crippen LogP contribution in [0.15, 0.2) is 12.1 Å². The lowest BCUT2D eigenvalue weighted by Gasteiger charge is -2.27. The molecule has 0 saturated heterocycles. The first kappa shape index (κ1) is 49.4. The topological polar surface area (TPSA) is 153 Å². The van der Waals surface area contributed by atoms with E-state index >= 15 is 0 Å². The zero-order valence-corrected chi connectivity index (χ0v) is 41.0. The highest BCUT2D eigenvalue weighted by Gasteiger charge is 2.28. The molecule has 18 heteroatoms. The van der Waals surface area contributed by atoms with Crippen molar-refractivity contribution in [2.24, 2.45) is 11.8 Å². The molecule has 60 heavy (non-hydrogen) atoms. The van der Waals surface area contributed by atoms with Crippen molar-refractivity contribution >= 4 is 84.6 Å².